The van der Waals surface area contributed by atoms with Crippen molar-refractivity contribution in [3.05, 3.63) is 36.7 Å². The Morgan fingerprint density at radius 2 is 2.15 bits per heavy atom. The van der Waals surface area contributed by atoms with Crippen molar-refractivity contribution in [2.24, 2.45) is 0 Å². The van der Waals surface area contributed by atoms with Crippen molar-refractivity contribution in [1.82, 2.24) is 9.71 Å². The first-order valence-electron chi connectivity index (χ1n) is 6.50. The van der Waals surface area contributed by atoms with Crippen molar-refractivity contribution in [2.45, 2.75) is 30.7 Å². The van der Waals surface area contributed by atoms with E-state index < -0.39 is 10.0 Å². The van der Waals surface area contributed by atoms with Gasteiger partial charge >= 0.3 is 0 Å². The van der Waals surface area contributed by atoms with E-state index in [-0.39, 0.29) is 17.5 Å². The molecule has 1 atom stereocenters. The molecule has 1 unspecified atom stereocenters. The molecule has 0 amide bonds. The second kappa shape index (κ2) is 6.30. The first-order valence-corrected chi connectivity index (χ1v) is 7.99. The molecule has 0 aliphatic heterocycles. The van der Waals surface area contributed by atoms with Crippen LogP contribution in [0, 0.1) is 0 Å². The number of benzene rings is 1. The van der Waals surface area contributed by atoms with Gasteiger partial charge in [0.2, 0.25) is 10.0 Å². The summed E-state index contributed by atoms with van der Waals surface area (Å²) in [6, 6.07) is 6.60. The van der Waals surface area contributed by atoms with E-state index in [0.717, 1.165) is 5.39 Å². The van der Waals surface area contributed by atoms with Gasteiger partial charge < -0.3 is 5.11 Å². The van der Waals surface area contributed by atoms with Crippen LogP contribution in [0.25, 0.3) is 10.8 Å². The van der Waals surface area contributed by atoms with Crippen molar-refractivity contribution in [2.75, 3.05) is 6.61 Å². The Morgan fingerprint density at radius 3 is 2.90 bits per heavy atom. The predicted molar refractivity (Wildman–Crippen MR) is 77.8 cm³/mol. The number of sulfonamides is 1. The van der Waals surface area contributed by atoms with Crippen LogP contribution in [0.5, 0.6) is 0 Å². The first-order chi connectivity index (χ1) is 9.54. The summed E-state index contributed by atoms with van der Waals surface area (Å²) in [4.78, 5) is 4.25. The first kappa shape index (κ1) is 14.9. The Hall–Kier alpha value is -1.50. The molecule has 2 N–H and O–H groups in total. The molecule has 2 rings (SSSR count). The van der Waals surface area contributed by atoms with Crippen LogP contribution in [0.1, 0.15) is 19.8 Å². The molecule has 0 spiro atoms. The average molecular weight is 294 g/mol. The molecular formula is C14H18N2O3S. The molecule has 0 aliphatic rings. The van der Waals surface area contributed by atoms with Gasteiger partial charge in [-0.05, 0) is 31.9 Å². The average Bonchev–Trinajstić information content (AvgIpc) is 2.44. The maximum Gasteiger partial charge on any atom is 0.241 e. The lowest BCUT2D eigenvalue weighted by Crippen LogP contribution is -2.32. The summed E-state index contributed by atoms with van der Waals surface area (Å²) < 4.78 is 27.5. The zero-order chi connectivity index (χ0) is 14.6. The number of hydrogen-bond donors (Lipinski definition) is 2. The third kappa shape index (κ3) is 3.33. The zero-order valence-corrected chi connectivity index (χ0v) is 12.1. The number of aliphatic hydroxyl groups excluding tert-OH is 1. The number of aliphatic hydroxyl groups is 1. The number of pyridine rings is 1. The molecule has 0 aliphatic carbocycles. The van der Waals surface area contributed by atoms with E-state index >= 15 is 0 Å². The highest BCUT2D eigenvalue weighted by molar-refractivity contribution is 7.89. The summed E-state index contributed by atoms with van der Waals surface area (Å²) in [6.45, 7) is 1.85. The normalized spacial score (nSPS) is 13.5. The minimum absolute atomic E-state index is 0.0615. The van der Waals surface area contributed by atoms with Gasteiger partial charge in [0.05, 0.1) is 4.90 Å². The van der Waals surface area contributed by atoms with Crippen LogP contribution in [0.2, 0.25) is 0 Å². The maximum absolute atomic E-state index is 12.4. The van der Waals surface area contributed by atoms with E-state index in [2.05, 4.69) is 9.71 Å². The van der Waals surface area contributed by atoms with Crippen molar-refractivity contribution >= 4 is 20.8 Å². The number of nitrogens with one attached hydrogen (secondary N) is 1. The molecule has 0 radical (unpaired) electrons. The smallest absolute Gasteiger partial charge is 0.241 e. The van der Waals surface area contributed by atoms with Crippen molar-refractivity contribution in [3.8, 4) is 0 Å². The van der Waals surface area contributed by atoms with Crippen LogP contribution >= 0.6 is 0 Å². The van der Waals surface area contributed by atoms with Gasteiger partial charge in [0.1, 0.15) is 0 Å². The third-order valence-corrected chi connectivity index (χ3v) is 4.73. The Morgan fingerprint density at radius 1 is 1.35 bits per heavy atom. The molecule has 1 aromatic carbocycles. The third-order valence-electron chi connectivity index (χ3n) is 3.08. The maximum atomic E-state index is 12.4. The number of aromatic nitrogens is 1. The van der Waals surface area contributed by atoms with Gasteiger partial charge in [0.25, 0.3) is 0 Å². The number of rotatable bonds is 6. The Labute approximate surface area is 118 Å². The summed E-state index contributed by atoms with van der Waals surface area (Å²) in [5, 5.41) is 10.2. The molecule has 2 aromatic rings. The molecule has 0 saturated heterocycles. The van der Waals surface area contributed by atoms with Gasteiger partial charge in [-0.25, -0.2) is 13.1 Å². The minimum Gasteiger partial charge on any atom is -0.396 e. The van der Waals surface area contributed by atoms with Crippen LogP contribution < -0.4 is 4.72 Å². The number of nitrogens with zero attached hydrogens (tertiary/aromatic N) is 1. The fourth-order valence-electron chi connectivity index (χ4n) is 2.11. The predicted octanol–water partition coefficient (Wildman–Crippen LogP) is 1.67. The Balaban J connectivity index is 2.32. The summed E-state index contributed by atoms with van der Waals surface area (Å²) in [7, 11) is -3.58. The zero-order valence-electron chi connectivity index (χ0n) is 11.3. The molecule has 0 bridgehead atoms. The van der Waals surface area contributed by atoms with E-state index in [4.69, 9.17) is 5.11 Å². The molecule has 1 heterocycles. The van der Waals surface area contributed by atoms with Crippen LogP contribution in [0.3, 0.4) is 0 Å². The Kier molecular flexibility index (Phi) is 4.69. The fraction of sp³-hybridized carbons (Fsp3) is 0.357. The SMILES string of the molecule is CC(CCCO)NS(=O)(=O)c1cccc2cnccc12. The molecule has 5 nitrogen and oxygen atoms in total. The summed E-state index contributed by atoms with van der Waals surface area (Å²) >= 11 is 0. The van der Waals surface area contributed by atoms with Gasteiger partial charge in [0.15, 0.2) is 0 Å². The standard InChI is InChI=1S/C14H18N2O3S/c1-11(4-3-9-17)16-20(18,19)14-6-2-5-12-10-15-8-7-13(12)14/h2,5-8,10-11,16-17H,3-4,9H2,1H3. The largest absolute Gasteiger partial charge is 0.396 e. The molecule has 0 fully saturated rings. The highest BCUT2D eigenvalue weighted by Gasteiger charge is 2.19. The lowest BCUT2D eigenvalue weighted by Gasteiger charge is -2.14. The second-order valence-electron chi connectivity index (χ2n) is 4.74. The van der Waals surface area contributed by atoms with Crippen molar-refractivity contribution in [3.63, 3.8) is 0 Å². The van der Waals surface area contributed by atoms with E-state index in [1.165, 1.54) is 0 Å². The molecule has 108 valence electrons. The Bertz CT molecular complexity index is 680. The van der Waals surface area contributed by atoms with Crippen LogP contribution in [0.15, 0.2) is 41.6 Å². The van der Waals surface area contributed by atoms with Crippen molar-refractivity contribution < 1.29 is 13.5 Å². The van der Waals surface area contributed by atoms with E-state index in [9.17, 15) is 8.42 Å². The van der Waals surface area contributed by atoms with Gasteiger partial charge in [-0.15, -0.1) is 0 Å². The molecule has 0 saturated carbocycles. The van der Waals surface area contributed by atoms with Gasteiger partial charge in [0, 0.05) is 35.8 Å². The van der Waals surface area contributed by atoms with Crippen LogP contribution in [0.4, 0.5) is 0 Å². The van der Waals surface area contributed by atoms with Gasteiger partial charge in [-0.1, -0.05) is 12.1 Å². The molecule has 20 heavy (non-hydrogen) atoms. The van der Waals surface area contributed by atoms with Gasteiger partial charge in [-0.2, -0.15) is 0 Å². The van der Waals surface area contributed by atoms with Crippen LogP contribution in [-0.2, 0) is 10.0 Å². The monoisotopic (exact) mass is 294 g/mol. The summed E-state index contributed by atoms with van der Waals surface area (Å²) in [5.74, 6) is 0. The summed E-state index contributed by atoms with van der Waals surface area (Å²) in [5.41, 5.74) is 0. The lowest BCUT2D eigenvalue weighted by molar-refractivity contribution is 0.279. The molecular weight excluding hydrogens is 276 g/mol. The van der Waals surface area contributed by atoms with E-state index in [1.807, 2.05) is 6.07 Å². The van der Waals surface area contributed by atoms with Gasteiger partial charge in [-0.3, -0.25) is 4.98 Å². The lowest BCUT2D eigenvalue weighted by atomic mass is 10.2. The van der Waals surface area contributed by atoms with Crippen molar-refractivity contribution in [1.29, 1.82) is 0 Å². The highest BCUT2D eigenvalue weighted by atomic mass is 32.2. The molecule has 1 aromatic heterocycles. The molecule has 6 heteroatoms. The topological polar surface area (TPSA) is 79.3 Å². The quantitative estimate of drug-likeness (QED) is 0.849. The highest BCUT2D eigenvalue weighted by Crippen LogP contribution is 2.22. The second-order valence-corrected chi connectivity index (χ2v) is 6.42. The summed E-state index contributed by atoms with van der Waals surface area (Å²) in [6.07, 6.45) is 4.39. The number of fused-ring (bicyclic) bond motifs is 1. The number of hydrogen-bond acceptors (Lipinski definition) is 4. The van der Waals surface area contributed by atoms with E-state index in [0.29, 0.717) is 18.2 Å². The fourth-order valence-corrected chi connectivity index (χ4v) is 3.62. The minimum atomic E-state index is -3.58. The van der Waals surface area contributed by atoms with Crippen LogP contribution in [-0.4, -0.2) is 31.2 Å². The van der Waals surface area contributed by atoms with E-state index in [1.54, 1.807) is 37.5 Å².